The molecular weight excluding hydrogens is 665 g/mol. The molecule has 55 heavy (non-hydrogen) atoms. The van der Waals surface area contributed by atoms with Crippen molar-refractivity contribution in [3.05, 3.63) is 194 Å². The molecule has 0 unspecified atom stereocenters. The summed E-state index contributed by atoms with van der Waals surface area (Å²) < 4.78 is 2.38. The van der Waals surface area contributed by atoms with Crippen LogP contribution in [0.2, 0.25) is 0 Å². The lowest BCUT2D eigenvalue weighted by atomic mass is 9.82. The maximum absolute atomic E-state index is 4.54. The molecule has 0 fully saturated rings. The zero-order valence-electron chi connectivity index (χ0n) is 29.9. The monoisotopic (exact) mass is 696 g/mol. The van der Waals surface area contributed by atoms with Crippen LogP contribution in [0, 0.1) is 0 Å². The molecule has 0 saturated heterocycles. The Balaban J connectivity index is 1.08. The van der Waals surface area contributed by atoms with Gasteiger partial charge in [-0.1, -0.05) is 158 Å². The van der Waals surface area contributed by atoms with Crippen LogP contribution in [0.15, 0.2) is 194 Å². The largest absolute Gasteiger partial charge is 0.309 e. The molecule has 9 aromatic carbocycles. The summed E-state index contributed by atoms with van der Waals surface area (Å²) in [6, 6.07) is 66.9. The Labute approximate surface area is 318 Å². The van der Waals surface area contributed by atoms with E-state index in [1.54, 1.807) is 0 Å². The van der Waals surface area contributed by atoms with Crippen LogP contribution in [-0.2, 0) is 0 Å². The van der Waals surface area contributed by atoms with E-state index in [9.17, 15) is 0 Å². The quantitative estimate of drug-likeness (QED) is 0.179. The van der Waals surface area contributed by atoms with Crippen LogP contribution in [0.1, 0.15) is 0 Å². The molecule has 0 spiro atoms. The summed E-state index contributed by atoms with van der Waals surface area (Å²) in [6.45, 7) is 0. The molecule has 0 atom stereocenters. The minimum atomic E-state index is 1.13. The lowest BCUT2D eigenvalue weighted by molar-refractivity contribution is 1.18. The van der Waals surface area contributed by atoms with E-state index in [1.165, 1.54) is 104 Å². The molecule has 11 aromatic rings. The Morgan fingerprint density at radius 1 is 0.327 bits per heavy atom. The molecule has 0 saturated carbocycles. The molecule has 2 heterocycles. The molecule has 0 aliphatic heterocycles. The van der Waals surface area contributed by atoms with Gasteiger partial charge in [0.1, 0.15) is 0 Å². The average Bonchev–Trinajstić information content (AvgIpc) is 3.78. The van der Waals surface area contributed by atoms with Crippen molar-refractivity contribution in [1.82, 2.24) is 9.55 Å². The topological polar surface area (TPSA) is 17.8 Å². The van der Waals surface area contributed by atoms with Gasteiger partial charge in [0.2, 0.25) is 0 Å². The van der Waals surface area contributed by atoms with Gasteiger partial charge in [-0.05, 0) is 112 Å². The Kier molecular flexibility index (Phi) is 6.37. The van der Waals surface area contributed by atoms with Crippen molar-refractivity contribution in [3.63, 3.8) is 0 Å². The molecule has 0 amide bonds. The van der Waals surface area contributed by atoms with Crippen LogP contribution in [0.3, 0.4) is 0 Å². The number of rotatable bonds is 4. The smallest absolute Gasteiger partial charge is 0.0572 e. The van der Waals surface area contributed by atoms with Crippen LogP contribution < -0.4 is 0 Å². The summed E-state index contributed by atoms with van der Waals surface area (Å²) in [5, 5.41) is 10.1. The van der Waals surface area contributed by atoms with Crippen LogP contribution in [-0.4, -0.2) is 9.55 Å². The molecule has 254 valence electrons. The van der Waals surface area contributed by atoms with Crippen molar-refractivity contribution < 1.29 is 0 Å². The molecule has 1 aliphatic rings. The van der Waals surface area contributed by atoms with Gasteiger partial charge in [0, 0.05) is 28.9 Å². The minimum Gasteiger partial charge on any atom is -0.309 e. The molecule has 0 radical (unpaired) electrons. The highest BCUT2D eigenvalue weighted by atomic mass is 15.0. The highest BCUT2D eigenvalue weighted by Crippen LogP contribution is 2.58. The van der Waals surface area contributed by atoms with Crippen molar-refractivity contribution in [2.24, 2.45) is 0 Å². The maximum Gasteiger partial charge on any atom is 0.0572 e. The van der Waals surface area contributed by atoms with E-state index in [2.05, 4.69) is 192 Å². The van der Waals surface area contributed by atoms with Crippen LogP contribution in [0.5, 0.6) is 0 Å². The third-order valence-electron chi connectivity index (χ3n) is 11.8. The van der Waals surface area contributed by atoms with Gasteiger partial charge in [-0.25, -0.2) is 0 Å². The van der Waals surface area contributed by atoms with Crippen molar-refractivity contribution in [3.8, 4) is 61.3 Å². The van der Waals surface area contributed by atoms with E-state index >= 15 is 0 Å². The number of pyridine rings is 1. The number of benzene rings is 9. The third kappa shape index (κ3) is 4.28. The Bertz CT molecular complexity index is 3250. The van der Waals surface area contributed by atoms with Gasteiger partial charge in [0.15, 0.2) is 0 Å². The maximum atomic E-state index is 4.54. The molecule has 2 aromatic heterocycles. The summed E-state index contributed by atoms with van der Waals surface area (Å²) in [7, 11) is 0. The average molecular weight is 697 g/mol. The van der Waals surface area contributed by atoms with Gasteiger partial charge >= 0.3 is 0 Å². The number of hydrogen-bond donors (Lipinski definition) is 0. The summed E-state index contributed by atoms with van der Waals surface area (Å²) in [6.07, 6.45) is 3.91. The fourth-order valence-electron chi connectivity index (χ4n) is 9.56. The first-order chi connectivity index (χ1) is 27.3. The van der Waals surface area contributed by atoms with Crippen molar-refractivity contribution in [1.29, 1.82) is 0 Å². The summed E-state index contributed by atoms with van der Waals surface area (Å²) in [5.41, 5.74) is 16.3. The molecule has 0 N–H and O–H groups in total. The van der Waals surface area contributed by atoms with Crippen LogP contribution in [0.25, 0.3) is 115 Å². The van der Waals surface area contributed by atoms with Crippen molar-refractivity contribution in [2.75, 3.05) is 0 Å². The van der Waals surface area contributed by atoms with Gasteiger partial charge in [0.25, 0.3) is 0 Å². The van der Waals surface area contributed by atoms with E-state index in [1.807, 2.05) is 12.4 Å². The predicted molar refractivity (Wildman–Crippen MR) is 232 cm³/mol. The molecule has 0 bridgehead atoms. The molecule has 2 heteroatoms. The second kappa shape index (κ2) is 11.6. The molecule has 1 aliphatic carbocycles. The van der Waals surface area contributed by atoms with E-state index in [0.717, 1.165) is 11.2 Å². The molecule has 12 rings (SSSR count). The first-order valence-corrected chi connectivity index (χ1v) is 19.0. The SMILES string of the molecule is c1ccc(-c2c3c(c(-c4ccccc4)c4ccccc24)-c2ccc(-c4ccc(-n5c6ccncc6c6c7ccccc7ccc65)cc4)c4cccc-3c24)cc1. The standard InChI is InChI=1S/C53H32N2/c1-3-13-35(14-4-1)48-41-18-9-10-19-42(41)49(36-15-5-2-6-16-36)53-44-28-27-38(40-20-11-21-43(50(40)44)52(48)53)34-22-25-37(26-23-34)55-46-30-31-54-32-45(46)51-39-17-8-7-12-33(39)24-29-47(51)55/h1-32H. The van der Waals surface area contributed by atoms with Gasteiger partial charge in [-0.3, -0.25) is 4.98 Å². The number of fused-ring (bicyclic) bond motifs is 9. The Hall–Kier alpha value is -7.29. The first-order valence-electron chi connectivity index (χ1n) is 19.0. The summed E-state index contributed by atoms with van der Waals surface area (Å²) in [4.78, 5) is 4.54. The van der Waals surface area contributed by atoms with Crippen LogP contribution >= 0.6 is 0 Å². The van der Waals surface area contributed by atoms with E-state index in [0.29, 0.717) is 0 Å². The van der Waals surface area contributed by atoms with Gasteiger partial charge in [-0.2, -0.15) is 0 Å². The van der Waals surface area contributed by atoms with E-state index in [-0.39, 0.29) is 0 Å². The zero-order chi connectivity index (χ0) is 36.0. The third-order valence-corrected chi connectivity index (χ3v) is 11.8. The highest BCUT2D eigenvalue weighted by molar-refractivity contribution is 6.29. The molecule has 2 nitrogen and oxygen atoms in total. The zero-order valence-corrected chi connectivity index (χ0v) is 29.9. The van der Waals surface area contributed by atoms with Gasteiger partial charge < -0.3 is 4.57 Å². The lowest BCUT2D eigenvalue weighted by Gasteiger charge is -2.20. The second-order valence-corrected chi connectivity index (χ2v) is 14.6. The Morgan fingerprint density at radius 2 is 0.927 bits per heavy atom. The fraction of sp³-hybridized carbons (Fsp3) is 0. The van der Waals surface area contributed by atoms with Crippen molar-refractivity contribution in [2.45, 2.75) is 0 Å². The molecular formula is C53H32N2. The number of nitrogens with zero attached hydrogens (tertiary/aromatic N) is 2. The second-order valence-electron chi connectivity index (χ2n) is 14.6. The fourth-order valence-corrected chi connectivity index (χ4v) is 9.56. The van der Waals surface area contributed by atoms with Gasteiger partial charge in [-0.15, -0.1) is 0 Å². The van der Waals surface area contributed by atoms with Gasteiger partial charge in [0.05, 0.1) is 11.0 Å². The van der Waals surface area contributed by atoms with E-state index < -0.39 is 0 Å². The minimum absolute atomic E-state index is 1.13. The van der Waals surface area contributed by atoms with Crippen LogP contribution in [0.4, 0.5) is 0 Å². The highest BCUT2D eigenvalue weighted by Gasteiger charge is 2.31. The van der Waals surface area contributed by atoms with Crippen molar-refractivity contribution >= 4 is 54.1 Å². The number of hydrogen-bond acceptors (Lipinski definition) is 1. The first kappa shape index (κ1) is 30.2. The Morgan fingerprint density at radius 3 is 1.64 bits per heavy atom. The predicted octanol–water partition coefficient (Wildman–Crippen LogP) is 14.3. The van der Waals surface area contributed by atoms with E-state index in [4.69, 9.17) is 0 Å². The summed E-state index contributed by atoms with van der Waals surface area (Å²) >= 11 is 0. The summed E-state index contributed by atoms with van der Waals surface area (Å²) in [5.74, 6) is 0. The lowest BCUT2D eigenvalue weighted by Crippen LogP contribution is -1.94. The normalized spacial score (nSPS) is 12.0. The number of aromatic nitrogens is 2.